The van der Waals surface area contributed by atoms with E-state index in [9.17, 15) is 14.4 Å². The summed E-state index contributed by atoms with van der Waals surface area (Å²) < 4.78 is 0. The van der Waals surface area contributed by atoms with E-state index >= 15 is 0 Å². The molecule has 3 rings (SSSR count). The van der Waals surface area contributed by atoms with E-state index in [1.807, 2.05) is 19.1 Å². The quantitative estimate of drug-likeness (QED) is 0.683. The number of fused-ring (bicyclic) bond motifs is 1. The predicted octanol–water partition coefficient (Wildman–Crippen LogP) is 2.54. The molecular formula is C17H17ClN2O3. The maximum atomic E-state index is 12.3. The van der Waals surface area contributed by atoms with Gasteiger partial charge in [-0.3, -0.25) is 19.3 Å². The number of hydrogen-bond acceptors (Lipinski definition) is 3. The van der Waals surface area contributed by atoms with Crippen molar-refractivity contribution in [2.24, 2.45) is 11.8 Å². The fourth-order valence-electron chi connectivity index (χ4n) is 3.13. The monoisotopic (exact) mass is 332 g/mol. The second kappa shape index (κ2) is 6.16. The van der Waals surface area contributed by atoms with Crippen LogP contribution in [0.25, 0.3) is 0 Å². The lowest BCUT2D eigenvalue weighted by molar-refractivity contribution is -0.142. The molecule has 6 heteroatoms. The largest absolute Gasteiger partial charge is 0.324 e. The third-order valence-electron chi connectivity index (χ3n) is 4.36. The zero-order valence-corrected chi connectivity index (χ0v) is 13.5. The van der Waals surface area contributed by atoms with Crippen LogP contribution in [0.15, 0.2) is 30.4 Å². The Morgan fingerprint density at radius 1 is 1.22 bits per heavy atom. The molecule has 1 heterocycles. The molecule has 23 heavy (non-hydrogen) atoms. The first-order valence-electron chi connectivity index (χ1n) is 7.53. The van der Waals surface area contributed by atoms with Crippen LogP contribution in [-0.4, -0.2) is 29.2 Å². The van der Waals surface area contributed by atoms with Crippen LogP contribution in [-0.2, 0) is 14.4 Å². The molecule has 0 aromatic heterocycles. The number of aryl methyl sites for hydroxylation is 1. The fraction of sp³-hybridized carbons (Fsp3) is 0.353. The first-order chi connectivity index (χ1) is 11.0. The van der Waals surface area contributed by atoms with Crippen molar-refractivity contribution in [3.05, 3.63) is 40.9 Å². The lowest BCUT2D eigenvalue weighted by Gasteiger charge is -2.15. The number of carbonyl (C=O) groups excluding carboxylic acids is 3. The van der Waals surface area contributed by atoms with Crippen molar-refractivity contribution in [3.8, 4) is 0 Å². The van der Waals surface area contributed by atoms with Gasteiger partial charge in [-0.15, -0.1) is 0 Å². The van der Waals surface area contributed by atoms with Gasteiger partial charge in [0.25, 0.3) is 0 Å². The van der Waals surface area contributed by atoms with Crippen LogP contribution in [0.1, 0.15) is 18.4 Å². The molecule has 5 nitrogen and oxygen atoms in total. The van der Waals surface area contributed by atoms with E-state index in [1.54, 1.807) is 18.2 Å². The van der Waals surface area contributed by atoms with Crippen LogP contribution in [0.5, 0.6) is 0 Å². The SMILES string of the molecule is Cc1cc(Cl)ccc1NC(=O)CN1C(=O)[C@@H]2CC=CC[C@H]2C1=O. The molecule has 1 aromatic carbocycles. The summed E-state index contributed by atoms with van der Waals surface area (Å²) in [5, 5.41) is 3.31. The summed E-state index contributed by atoms with van der Waals surface area (Å²) in [5.74, 6) is -1.49. The number of allylic oxidation sites excluding steroid dienone is 2. The van der Waals surface area contributed by atoms with Gasteiger partial charge in [-0.25, -0.2) is 0 Å². The Morgan fingerprint density at radius 3 is 2.39 bits per heavy atom. The van der Waals surface area contributed by atoms with Crippen LogP contribution >= 0.6 is 11.6 Å². The second-order valence-electron chi connectivity index (χ2n) is 5.93. The third-order valence-corrected chi connectivity index (χ3v) is 4.60. The van der Waals surface area contributed by atoms with Crippen molar-refractivity contribution in [2.45, 2.75) is 19.8 Å². The summed E-state index contributed by atoms with van der Waals surface area (Å²) in [5.41, 5.74) is 1.44. The molecule has 1 aromatic rings. The average molecular weight is 333 g/mol. The van der Waals surface area contributed by atoms with Crippen molar-refractivity contribution in [2.75, 3.05) is 11.9 Å². The third kappa shape index (κ3) is 3.01. The Kier molecular flexibility index (Phi) is 4.22. The lowest BCUT2D eigenvalue weighted by atomic mass is 9.85. The van der Waals surface area contributed by atoms with Crippen molar-refractivity contribution in [1.82, 2.24) is 4.90 Å². The summed E-state index contributed by atoms with van der Waals surface area (Å²) >= 11 is 5.88. The number of rotatable bonds is 3. The summed E-state index contributed by atoms with van der Waals surface area (Å²) in [7, 11) is 0. The number of likely N-dealkylation sites (tertiary alicyclic amines) is 1. The molecular weight excluding hydrogens is 316 g/mol. The van der Waals surface area contributed by atoms with Crippen molar-refractivity contribution >= 4 is 35.0 Å². The molecule has 3 amide bonds. The second-order valence-corrected chi connectivity index (χ2v) is 6.36. The summed E-state index contributed by atoms with van der Waals surface area (Å²) in [6.07, 6.45) is 4.99. The standard InChI is InChI=1S/C17H17ClN2O3/c1-10-8-11(18)6-7-14(10)19-15(21)9-20-16(22)12-4-2-3-5-13(12)17(20)23/h2-3,6-8,12-13H,4-5,9H2,1H3,(H,19,21)/t12-,13-/m1/s1. The summed E-state index contributed by atoms with van der Waals surface area (Å²) in [4.78, 5) is 37.9. The van der Waals surface area contributed by atoms with Crippen molar-refractivity contribution in [3.63, 3.8) is 0 Å². The van der Waals surface area contributed by atoms with E-state index < -0.39 is 0 Å². The maximum absolute atomic E-state index is 12.3. The van der Waals surface area contributed by atoms with Crippen LogP contribution < -0.4 is 5.32 Å². The molecule has 2 atom stereocenters. The van der Waals surface area contributed by atoms with Gasteiger partial charge < -0.3 is 5.32 Å². The topological polar surface area (TPSA) is 66.5 Å². The van der Waals surface area contributed by atoms with Crippen molar-refractivity contribution in [1.29, 1.82) is 0 Å². The minimum atomic E-state index is -0.385. The van der Waals surface area contributed by atoms with Gasteiger partial charge >= 0.3 is 0 Å². The first-order valence-corrected chi connectivity index (χ1v) is 7.91. The number of imide groups is 1. The number of nitrogens with zero attached hydrogens (tertiary/aromatic N) is 1. The van der Waals surface area contributed by atoms with Gasteiger partial charge in [0.2, 0.25) is 17.7 Å². The Labute approximate surface area is 139 Å². The number of nitrogens with one attached hydrogen (secondary N) is 1. The molecule has 1 fully saturated rings. The Balaban J connectivity index is 1.68. The molecule has 0 unspecified atom stereocenters. The average Bonchev–Trinajstić information content (AvgIpc) is 2.76. The predicted molar refractivity (Wildman–Crippen MR) is 86.9 cm³/mol. The summed E-state index contributed by atoms with van der Waals surface area (Å²) in [6, 6.07) is 5.12. The van der Waals surface area contributed by atoms with Crippen LogP contribution in [0.4, 0.5) is 5.69 Å². The molecule has 1 N–H and O–H groups in total. The van der Waals surface area contributed by atoms with E-state index in [0.717, 1.165) is 10.5 Å². The van der Waals surface area contributed by atoms with Crippen LogP contribution in [0.2, 0.25) is 5.02 Å². The number of anilines is 1. The number of benzene rings is 1. The van der Waals surface area contributed by atoms with Crippen LogP contribution in [0, 0.1) is 18.8 Å². The zero-order valence-electron chi connectivity index (χ0n) is 12.7. The number of amides is 3. The molecule has 2 aliphatic rings. The molecule has 0 bridgehead atoms. The van der Waals surface area contributed by atoms with Gasteiger partial charge in [-0.2, -0.15) is 0 Å². The van der Waals surface area contributed by atoms with E-state index in [0.29, 0.717) is 23.6 Å². The molecule has 0 radical (unpaired) electrons. The number of halogens is 1. The normalized spacial score (nSPS) is 23.1. The Morgan fingerprint density at radius 2 is 1.83 bits per heavy atom. The zero-order chi connectivity index (χ0) is 16.6. The Bertz CT molecular complexity index is 688. The molecule has 1 aliphatic heterocycles. The van der Waals surface area contributed by atoms with E-state index in [4.69, 9.17) is 11.6 Å². The molecule has 0 spiro atoms. The number of carbonyl (C=O) groups is 3. The lowest BCUT2D eigenvalue weighted by Crippen LogP contribution is -2.38. The first kappa shape index (κ1) is 15.7. The van der Waals surface area contributed by atoms with Gasteiger partial charge in [0, 0.05) is 10.7 Å². The van der Waals surface area contributed by atoms with Gasteiger partial charge in [0.05, 0.1) is 11.8 Å². The maximum Gasteiger partial charge on any atom is 0.244 e. The van der Waals surface area contributed by atoms with Gasteiger partial charge in [-0.1, -0.05) is 23.8 Å². The van der Waals surface area contributed by atoms with Gasteiger partial charge in [0.1, 0.15) is 6.54 Å². The van der Waals surface area contributed by atoms with Gasteiger partial charge in [0.15, 0.2) is 0 Å². The fourth-order valence-corrected chi connectivity index (χ4v) is 3.35. The number of hydrogen-bond donors (Lipinski definition) is 1. The highest BCUT2D eigenvalue weighted by Crippen LogP contribution is 2.34. The van der Waals surface area contributed by atoms with E-state index in [-0.39, 0.29) is 36.1 Å². The van der Waals surface area contributed by atoms with Crippen LogP contribution in [0.3, 0.4) is 0 Å². The van der Waals surface area contributed by atoms with E-state index in [2.05, 4.69) is 5.32 Å². The smallest absolute Gasteiger partial charge is 0.244 e. The minimum Gasteiger partial charge on any atom is -0.324 e. The minimum absolute atomic E-state index is 0.243. The molecule has 120 valence electrons. The highest BCUT2D eigenvalue weighted by atomic mass is 35.5. The van der Waals surface area contributed by atoms with Crippen molar-refractivity contribution < 1.29 is 14.4 Å². The molecule has 0 saturated carbocycles. The van der Waals surface area contributed by atoms with Gasteiger partial charge in [-0.05, 0) is 43.5 Å². The highest BCUT2D eigenvalue weighted by Gasteiger charge is 2.47. The van der Waals surface area contributed by atoms with E-state index in [1.165, 1.54) is 0 Å². The molecule has 1 saturated heterocycles. The Hall–Kier alpha value is -2.14. The molecule has 1 aliphatic carbocycles. The highest BCUT2D eigenvalue weighted by molar-refractivity contribution is 6.30. The summed E-state index contributed by atoms with van der Waals surface area (Å²) in [6.45, 7) is 1.58.